The average Bonchev–Trinajstić information content (AvgIpc) is 3.07. The number of anilines is 1. The van der Waals surface area contributed by atoms with Crippen LogP contribution in [0.15, 0.2) is 24.4 Å². The van der Waals surface area contributed by atoms with Gasteiger partial charge in [-0.05, 0) is 12.1 Å². The highest BCUT2D eigenvalue weighted by molar-refractivity contribution is 5.88. The maximum Gasteiger partial charge on any atom is 0.320 e. The van der Waals surface area contributed by atoms with Crippen LogP contribution in [0.1, 0.15) is 12.0 Å². The Morgan fingerprint density at radius 1 is 1.11 bits per heavy atom. The number of urea groups is 1. The van der Waals surface area contributed by atoms with Crippen LogP contribution in [0, 0.1) is 0 Å². The summed E-state index contributed by atoms with van der Waals surface area (Å²) in [6, 6.07) is 4.69. The Labute approximate surface area is 156 Å². The molecule has 0 saturated heterocycles. The summed E-state index contributed by atoms with van der Waals surface area (Å²) in [6.45, 7) is 0.333. The summed E-state index contributed by atoms with van der Waals surface area (Å²) in [7, 11) is 4.58. The molecule has 0 bridgehead atoms. The molecule has 0 unspecified atom stereocenters. The third-order valence-electron chi connectivity index (χ3n) is 3.69. The molecule has 0 saturated carbocycles. The van der Waals surface area contributed by atoms with Crippen LogP contribution in [0.25, 0.3) is 0 Å². The summed E-state index contributed by atoms with van der Waals surface area (Å²) < 4.78 is 17.7. The van der Waals surface area contributed by atoms with Crippen molar-refractivity contribution < 1.29 is 28.9 Å². The molecule has 27 heavy (non-hydrogen) atoms. The van der Waals surface area contributed by atoms with Gasteiger partial charge in [0.15, 0.2) is 11.5 Å². The Morgan fingerprint density at radius 2 is 1.85 bits per heavy atom. The second-order valence-electron chi connectivity index (χ2n) is 5.39. The highest BCUT2D eigenvalue weighted by atomic mass is 16.5. The minimum atomic E-state index is -0.985. The summed E-state index contributed by atoms with van der Waals surface area (Å²) in [5.74, 6) is 0.963. The van der Waals surface area contributed by atoms with Crippen molar-refractivity contribution in [3.8, 4) is 17.2 Å². The Kier molecular flexibility index (Phi) is 6.86. The molecular formula is C17H22N4O6. The summed E-state index contributed by atoms with van der Waals surface area (Å²) in [5.41, 5.74) is 0.771. The van der Waals surface area contributed by atoms with Crippen LogP contribution in [0.5, 0.6) is 17.2 Å². The Bertz CT molecular complexity index is 805. The van der Waals surface area contributed by atoms with Crippen molar-refractivity contribution in [1.82, 2.24) is 15.1 Å². The number of hydrogen-bond acceptors (Lipinski definition) is 6. The third kappa shape index (κ3) is 5.03. The van der Waals surface area contributed by atoms with Gasteiger partial charge in [0, 0.05) is 18.2 Å². The average molecular weight is 378 g/mol. The van der Waals surface area contributed by atoms with Crippen molar-refractivity contribution >= 4 is 17.8 Å². The van der Waals surface area contributed by atoms with E-state index in [2.05, 4.69) is 15.7 Å². The molecule has 0 aliphatic rings. The molecule has 1 aromatic carbocycles. The summed E-state index contributed by atoms with van der Waals surface area (Å²) in [5, 5.41) is 17.9. The Balaban J connectivity index is 2.14. The molecule has 10 nitrogen and oxygen atoms in total. The number of amides is 2. The maximum atomic E-state index is 11.9. The fourth-order valence-electron chi connectivity index (χ4n) is 2.46. The van der Waals surface area contributed by atoms with Gasteiger partial charge < -0.3 is 24.6 Å². The highest BCUT2D eigenvalue weighted by Gasteiger charge is 2.17. The molecule has 0 radical (unpaired) electrons. The molecule has 1 heterocycles. The van der Waals surface area contributed by atoms with Gasteiger partial charge in [-0.2, -0.15) is 5.10 Å². The van der Waals surface area contributed by atoms with Crippen molar-refractivity contribution in [2.24, 2.45) is 0 Å². The first kappa shape index (κ1) is 19.9. The molecule has 3 N–H and O–H groups in total. The predicted molar refractivity (Wildman–Crippen MR) is 96.7 cm³/mol. The van der Waals surface area contributed by atoms with E-state index in [1.165, 1.54) is 21.3 Å². The van der Waals surface area contributed by atoms with E-state index in [-0.39, 0.29) is 13.0 Å². The molecular weight excluding hydrogens is 356 g/mol. The van der Waals surface area contributed by atoms with E-state index < -0.39 is 12.0 Å². The number of aromatic nitrogens is 2. The molecule has 146 valence electrons. The smallest absolute Gasteiger partial charge is 0.320 e. The number of methoxy groups -OCH3 is 3. The lowest BCUT2D eigenvalue weighted by atomic mass is 10.1. The van der Waals surface area contributed by atoms with Gasteiger partial charge in [-0.15, -0.1) is 0 Å². The minimum Gasteiger partial charge on any atom is -0.493 e. The molecule has 0 aliphatic carbocycles. The third-order valence-corrected chi connectivity index (χ3v) is 3.69. The molecule has 2 aromatic rings. The van der Waals surface area contributed by atoms with Crippen LogP contribution in [0.2, 0.25) is 0 Å². The zero-order chi connectivity index (χ0) is 19.8. The van der Waals surface area contributed by atoms with Crippen molar-refractivity contribution in [1.29, 1.82) is 0 Å². The number of ether oxygens (including phenoxy) is 3. The molecule has 0 spiro atoms. The fraction of sp³-hybridized carbons (Fsp3) is 0.353. The number of rotatable bonds is 9. The predicted octanol–water partition coefficient (Wildman–Crippen LogP) is 1.55. The first-order valence-corrected chi connectivity index (χ1v) is 8.06. The number of aliphatic carboxylic acids is 1. The largest absolute Gasteiger partial charge is 0.493 e. The summed E-state index contributed by atoms with van der Waals surface area (Å²) >= 11 is 0. The fourth-order valence-corrected chi connectivity index (χ4v) is 2.46. The van der Waals surface area contributed by atoms with Crippen molar-refractivity contribution in [2.45, 2.75) is 13.0 Å². The van der Waals surface area contributed by atoms with Crippen LogP contribution in [0.3, 0.4) is 0 Å². The Morgan fingerprint density at radius 3 is 2.48 bits per heavy atom. The lowest BCUT2D eigenvalue weighted by Crippen LogP contribution is -2.31. The lowest BCUT2D eigenvalue weighted by molar-refractivity contribution is -0.136. The zero-order valence-electron chi connectivity index (χ0n) is 15.3. The monoisotopic (exact) mass is 378 g/mol. The number of carboxylic acid groups (broad SMARTS) is 1. The number of carbonyl (C=O) groups is 2. The molecule has 10 heteroatoms. The SMILES string of the molecule is COc1ccc(Cn2nccc2NC(=O)NCCC(=O)O)c(OC)c1OC. The highest BCUT2D eigenvalue weighted by Crippen LogP contribution is 2.40. The van der Waals surface area contributed by atoms with E-state index in [1.807, 2.05) is 6.07 Å². The zero-order valence-corrected chi connectivity index (χ0v) is 15.3. The van der Waals surface area contributed by atoms with E-state index >= 15 is 0 Å². The van der Waals surface area contributed by atoms with Gasteiger partial charge in [0.05, 0.1) is 40.5 Å². The first-order valence-electron chi connectivity index (χ1n) is 8.06. The van der Waals surface area contributed by atoms with Crippen molar-refractivity contribution in [3.63, 3.8) is 0 Å². The van der Waals surface area contributed by atoms with Crippen LogP contribution < -0.4 is 24.8 Å². The number of carbonyl (C=O) groups excluding carboxylic acids is 1. The molecule has 0 atom stereocenters. The van der Waals surface area contributed by atoms with Gasteiger partial charge in [-0.3, -0.25) is 10.1 Å². The number of hydrogen-bond donors (Lipinski definition) is 3. The van der Waals surface area contributed by atoms with Crippen LogP contribution in [-0.4, -0.2) is 54.8 Å². The van der Waals surface area contributed by atoms with Gasteiger partial charge >= 0.3 is 12.0 Å². The summed E-state index contributed by atoms with van der Waals surface area (Å²) in [6.07, 6.45) is 1.38. The molecule has 0 fully saturated rings. The van der Waals surface area contributed by atoms with Crippen LogP contribution in [-0.2, 0) is 11.3 Å². The Hall–Kier alpha value is -3.43. The molecule has 0 aliphatic heterocycles. The van der Waals surface area contributed by atoms with E-state index in [9.17, 15) is 9.59 Å². The van der Waals surface area contributed by atoms with E-state index in [4.69, 9.17) is 19.3 Å². The van der Waals surface area contributed by atoms with Crippen molar-refractivity contribution in [3.05, 3.63) is 30.0 Å². The van der Waals surface area contributed by atoms with Gasteiger partial charge in [-0.1, -0.05) is 0 Å². The number of benzene rings is 1. The standard InChI is InChI=1S/C17H22N4O6/c1-25-12-5-4-11(15(26-2)16(12)27-3)10-21-13(6-9-19-21)20-17(24)18-8-7-14(22)23/h4-6,9H,7-8,10H2,1-3H3,(H,22,23)(H2,18,20,24). The quantitative estimate of drug-likeness (QED) is 0.605. The number of nitrogens with zero attached hydrogens (tertiary/aromatic N) is 2. The number of nitrogens with one attached hydrogen (secondary N) is 2. The molecule has 2 amide bonds. The van der Waals surface area contributed by atoms with Gasteiger partial charge in [0.2, 0.25) is 5.75 Å². The van der Waals surface area contributed by atoms with Gasteiger partial charge in [0.1, 0.15) is 5.82 Å². The lowest BCUT2D eigenvalue weighted by Gasteiger charge is -2.16. The molecule has 2 rings (SSSR count). The summed E-state index contributed by atoms with van der Waals surface area (Å²) in [4.78, 5) is 22.4. The normalized spacial score (nSPS) is 10.2. The van der Waals surface area contributed by atoms with E-state index in [1.54, 1.807) is 23.0 Å². The van der Waals surface area contributed by atoms with Gasteiger partial charge in [-0.25, -0.2) is 9.48 Å². The topological polar surface area (TPSA) is 124 Å². The second kappa shape index (κ2) is 9.32. The number of carboxylic acids is 1. The van der Waals surface area contributed by atoms with Crippen LogP contribution in [0.4, 0.5) is 10.6 Å². The van der Waals surface area contributed by atoms with Gasteiger partial charge in [0.25, 0.3) is 0 Å². The van der Waals surface area contributed by atoms with E-state index in [0.29, 0.717) is 29.6 Å². The van der Waals surface area contributed by atoms with Crippen molar-refractivity contribution in [2.75, 3.05) is 33.2 Å². The first-order chi connectivity index (χ1) is 13.0. The molecule has 1 aromatic heterocycles. The van der Waals surface area contributed by atoms with E-state index in [0.717, 1.165) is 5.56 Å². The van der Waals surface area contributed by atoms with Crippen LogP contribution >= 0.6 is 0 Å². The minimum absolute atomic E-state index is 0.0266. The second-order valence-corrected chi connectivity index (χ2v) is 5.39. The maximum absolute atomic E-state index is 11.9.